The van der Waals surface area contributed by atoms with Gasteiger partial charge in [-0.15, -0.1) is 0 Å². The average Bonchev–Trinajstić information content (AvgIpc) is 2.72. The summed E-state index contributed by atoms with van der Waals surface area (Å²) in [6, 6.07) is 11.4. The van der Waals surface area contributed by atoms with Gasteiger partial charge < -0.3 is 9.47 Å². The fourth-order valence-electron chi connectivity index (χ4n) is 4.02. The summed E-state index contributed by atoms with van der Waals surface area (Å²) in [5.74, 6) is -0.914. The van der Waals surface area contributed by atoms with E-state index >= 15 is 0 Å². The summed E-state index contributed by atoms with van der Waals surface area (Å²) in [7, 11) is 0. The summed E-state index contributed by atoms with van der Waals surface area (Å²) in [5.41, 5.74) is 6.11. The quantitative estimate of drug-likeness (QED) is 0.595. The van der Waals surface area contributed by atoms with E-state index in [9.17, 15) is 9.59 Å². The van der Waals surface area contributed by atoms with Crippen molar-refractivity contribution in [3.63, 3.8) is 0 Å². The molecular formula is C23H24O4. The molecule has 0 aromatic heterocycles. The molecule has 0 aliphatic heterocycles. The SMILES string of the molecule is O=C(OCOC(=O)c1ccc2c(c1)CCCC2)c1ccc2c(c1)CCCC2. The highest BCUT2D eigenvalue weighted by Crippen LogP contribution is 2.23. The zero-order valence-electron chi connectivity index (χ0n) is 15.5. The second-order valence-corrected chi connectivity index (χ2v) is 7.36. The van der Waals surface area contributed by atoms with Crippen molar-refractivity contribution in [1.29, 1.82) is 0 Å². The molecule has 0 unspecified atom stereocenters. The van der Waals surface area contributed by atoms with E-state index in [1.165, 1.54) is 35.1 Å². The van der Waals surface area contributed by atoms with Gasteiger partial charge in [0.25, 0.3) is 0 Å². The normalized spacial score (nSPS) is 15.4. The molecule has 140 valence electrons. The van der Waals surface area contributed by atoms with Crippen LogP contribution in [-0.4, -0.2) is 18.7 Å². The lowest BCUT2D eigenvalue weighted by molar-refractivity contribution is -0.0167. The molecule has 0 amide bonds. The molecule has 0 spiro atoms. The van der Waals surface area contributed by atoms with Crippen LogP contribution in [0.3, 0.4) is 0 Å². The van der Waals surface area contributed by atoms with Crippen LogP contribution in [0.2, 0.25) is 0 Å². The Morgan fingerprint density at radius 3 is 1.48 bits per heavy atom. The maximum atomic E-state index is 12.2. The first-order valence-corrected chi connectivity index (χ1v) is 9.78. The predicted octanol–water partition coefficient (Wildman–Crippen LogP) is 4.42. The van der Waals surface area contributed by atoms with Crippen molar-refractivity contribution >= 4 is 11.9 Å². The first kappa shape index (κ1) is 17.8. The van der Waals surface area contributed by atoms with Gasteiger partial charge in [-0.25, -0.2) is 9.59 Å². The van der Waals surface area contributed by atoms with Gasteiger partial charge in [-0.2, -0.15) is 0 Å². The third-order valence-electron chi connectivity index (χ3n) is 5.55. The fourth-order valence-corrected chi connectivity index (χ4v) is 4.02. The summed E-state index contributed by atoms with van der Waals surface area (Å²) in [6.07, 6.45) is 8.87. The molecule has 0 radical (unpaired) electrons. The minimum absolute atomic E-state index is 0.369. The first-order valence-electron chi connectivity index (χ1n) is 9.78. The third-order valence-corrected chi connectivity index (χ3v) is 5.55. The molecule has 2 aliphatic carbocycles. The van der Waals surface area contributed by atoms with E-state index in [4.69, 9.17) is 9.47 Å². The number of carbonyl (C=O) groups is 2. The van der Waals surface area contributed by atoms with E-state index < -0.39 is 11.9 Å². The number of ether oxygens (including phenoxy) is 2. The van der Waals surface area contributed by atoms with Crippen LogP contribution >= 0.6 is 0 Å². The summed E-state index contributed by atoms with van der Waals surface area (Å²) in [4.78, 5) is 24.5. The number of aryl methyl sites for hydroxylation is 4. The Bertz CT molecular complexity index is 797. The maximum absolute atomic E-state index is 12.2. The van der Waals surface area contributed by atoms with Crippen LogP contribution in [-0.2, 0) is 35.2 Å². The van der Waals surface area contributed by atoms with Crippen molar-refractivity contribution in [1.82, 2.24) is 0 Å². The van der Waals surface area contributed by atoms with Crippen LogP contribution in [0, 0.1) is 0 Å². The topological polar surface area (TPSA) is 52.6 Å². The highest BCUT2D eigenvalue weighted by molar-refractivity contribution is 5.91. The summed E-state index contributed by atoms with van der Waals surface area (Å²) >= 11 is 0. The number of esters is 2. The van der Waals surface area contributed by atoms with Crippen LogP contribution in [0.25, 0.3) is 0 Å². The number of hydrogen-bond acceptors (Lipinski definition) is 4. The molecule has 2 aromatic rings. The lowest BCUT2D eigenvalue weighted by Crippen LogP contribution is -2.14. The average molecular weight is 364 g/mol. The Kier molecular flexibility index (Phi) is 5.23. The maximum Gasteiger partial charge on any atom is 0.341 e. The van der Waals surface area contributed by atoms with Crippen LogP contribution in [0.15, 0.2) is 36.4 Å². The van der Waals surface area contributed by atoms with Gasteiger partial charge in [-0.1, -0.05) is 12.1 Å². The van der Waals surface area contributed by atoms with Gasteiger partial charge >= 0.3 is 11.9 Å². The summed E-state index contributed by atoms with van der Waals surface area (Å²) in [6.45, 7) is -0.369. The van der Waals surface area contributed by atoms with Gasteiger partial charge in [0, 0.05) is 0 Å². The van der Waals surface area contributed by atoms with Crippen molar-refractivity contribution in [2.24, 2.45) is 0 Å². The van der Waals surface area contributed by atoms with Crippen LogP contribution in [0.5, 0.6) is 0 Å². The highest BCUT2D eigenvalue weighted by atomic mass is 16.7. The molecule has 0 fully saturated rings. The third kappa shape index (κ3) is 4.05. The van der Waals surface area contributed by atoms with Gasteiger partial charge in [0.05, 0.1) is 11.1 Å². The number of fused-ring (bicyclic) bond motifs is 2. The zero-order valence-corrected chi connectivity index (χ0v) is 15.5. The molecule has 0 N–H and O–H groups in total. The van der Waals surface area contributed by atoms with Crippen LogP contribution in [0.1, 0.15) is 68.7 Å². The van der Waals surface area contributed by atoms with Crippen LogP contribution in [0.4, 0.5) is 0 Å². The fraction of sp³-hybridized carbons (Fsp3) is 0.391. The molecule has 0 saturated heterocycles. The lowest BCUT2D eigenvalue weighted by Gasteiger charge is -2.16. The van der Waals surface area contributed by atoms with Crippen molar-refractivity contribution in [3.8, 4) is 0 Å². The van der Waals surface area contributed by atoms with E-state index in [2.05, 4.69) is 0 Å². The molecule has 4 heteroatoms. The smallest absolute Gasteiger partial charge is 0.341 e. The molecule has 4 nitrogen and oxygen atoms in total. The summed E-state index contributed by atoms with van der Waals surface area (Å²) < 4.78 is 10.3. The molecule has 4 rings (SSSR count). The molecule has 0 heterocycles. The molecule has 0 bridgehead atoms. The molecule has 27 heavy (non-hydrogen) atoms. The number of carbonyl (C=O) groups excluding carboxylic acids is 2. The van der Waals surface area contributed by atoms with Crippen LogP contribution < -0.4 is 0 Å². The summed E-state index contributed by atoms with van der Waals surface area (Å²) in [5, 5.41) is 0. The Hall–Kier alpha value is -2.62. The number of rotatable bonds is 4. The van der Waals surface area contributed by atoms with Crippen molar-refractivity contribution < 1.29 is 19.1 Å². The highest BCUT2D eigenvalue weighted by Gasteiger charge is 2.16. The number of hydrogen-bond donors (Lipinski definition) is 0. The molecule has 2 aliphatic rings. The Morgan fingerprint density at radius 1 is 0.630 bits per heavy atom. The Balaban J connectivity index is 1.32. The van der Waals surface area contributed by atoms with Gasteiger partial charge in [-0.05, 0) is 97.9 Å². The lowest BCUT2D eigenvalue weighted by atomic mass is 9.90. The number of benzene rings is 2. The van der Waals surface area contributed by atoms with E-state index in [1.807, 2.05) is 24.3 Å². The minimum atomic E-state index is -0.457. The van der Waals surface area contributed by atoms with Crippen molar-refractivity contribution in [2.45, 2.75) is 51.4 Å². The zero-order chi connectivity index (χ0) is 18.6. The predicted molar refractivity (Wildman–Crippen MR) is 102 cm³/mol. The van der Waals surface area contributed by atoms with Gasteiger partial charge in [0.2, 0.25) is 6.79 Å². The van der Waals surface area contributed by atoms with Gasteiger partial charge in [-0.3, -0.25) is 0 Å². The molecule has 0 saturated carbocycles. The standard InChI is InChI=1S/C23H24O4/c24-22(20-11-9-16-5-1-3-7-18(16)13-20)26-15-27-23(25)21-12-10-17-6-2-4-8-19(17)14-21/h9-14H,1-8,15H2. The van der Waals surface area contributed by atoms with E-state index in [0.29, 0.717) is 11.1 Å². The second-order valence-electron chi connectivity index (χ2n) is 7.36. The monoisotopic (exact) mass is 364 g/mol. The molecule has 0 atom stereocenters. The van der Waals surface area contributed by atoms with E-state index in [-0.39, 0.29) is 6.79 Å². The molecule has 2 aromatic carbocycles. The molecular weight excluding hydrogens is 340 g/mol. The second kappa shape index (κ2) is 7.95. The van der Waals surface area contributed by atoms with Crippen molar-refractivity contribution in [2.75, 3.05) is 6.79 Å². The van der Waals surface area contributed by atoms with Gasteiger partial charge in [0.15, 0.2) is 0 Å². The minimum Gasteiger partial charge on any atom is -0.424 e. The van der Waals surface area contributed by atoms with Crippen molar-refractivity contribution in [3.05, 3.63) is 69.8 Å². The Morgan fingerprint density at radius 2 is 1.04 bits per heavy atom. The van der Waals surface area contributed by atoms with E-state index in [0.717, 1.165) is 38.5 Å². The Labute approximate surface area is 159 Å². The van der Waals surface area contributed by atoms with E-state index in [1.54, 1.807) is 12.1 Å². The first-order chi connectivity index (χ1) is 13.2. The largest absolute Gasteiger partial charge is 0.424 e. The van der Waals surface area contributed by atoms with Gasteiger partial charge in [0.1, 0.15) is 0 Å².